The van der Waals surface area contributed by atoms with Gasteiger partial charge in [-0.05, 0) is 91.3 Å². The van der Waals surface area contributed by atoms with Crippen LogP contribution in [0.25, 0.3) is 0 Å². The summed E-state index contributed by atoms with van der Waals surface area (Å²) in [6.07, 6.45) is -0.820. The molecule has 4 saturated carbocycles. The molecule has 0 amide bonds. The number of carbonyl (C=O) groups is 2. The summed E-state index contributed by atoms with van der Waals surface area (Å²) in [6, 6.07) is 0. The number of fused-ring (bicyclic) bond motifs is 5. The fraction of sp³-hybridized carbons (Fsp3) is 0.943. The van der Waals surface area contributed by atoms with Crippen LogP contribution in [0.2, 0.25) is 0 Å². The second-order valence-electron chi connectivity index (χ2n) is 16.2. The monoisotopic (exact) mass is 636 g/mol. The van der Waals surface area contributed by atoms with E-state index in [0.29, 0.717) is 37.5 Å². The summed E-state index contributed by atoms with van der Waals surface area (Å²) in [5.74, 6) is 0.948. The molecule has 6 aliphatic rings. The standard InChI is InChI=1S/C35H56O10/c1-6-18-11-26(44-32(42)16(18)2)17(3)28-25(38)14-22-20-13-24(37)23-12-19(7-9-34(23,4)21(20)8-10-35(22,28)5)43-33-31(41)30(40)29(39)27(15-36)45-33/h16-23,25-31,33,36,38-41H,6-15H2,1-5H3/t16?,17?,18?,19-,20+,21-,22-,23+,25-,26?,27+,28?,29+,30-,31+,33+,34+,35-/m0/s1. The van der Waals surface area contributed by atoms with Crippen molar-refractivity contribution in [2.24, 2.45) is 58.2 Å². The Morgan fingerprint density at radius 2 is 1.67 bits per heavy atom. The molecule has 256 valence electrons. The molecule has 5 unspecified atom stereocenters. The topological polar surface area (TPSA) is 163 Å². The number of ketones is 1. The number of esters is 1. The maximum Gasteiger partial charge on any atom is 0.309 e. The molecule has 2 aliphatic heterocycles. The highest BCUT2D eigenvalue weighted by Gasteiger charge is 2.65. The van der Waals surface area contributed by atoms with Crippen LogP contribution < -0.4 is 0 Å². The summed E-state index contributed by atoms with van der Waals surface area (Å²) in [6.45, 7) is 10.3. The number of aliphatic hydroxyl groups is 5. The average Bonchev–Trinajstić information content (AvgIpc) is 3.28. The number of rotatable bonds is 6. The molecule has 45 heavy (non-hydrogen) atoms. The van der Waals surface area contributed by atoms with Crippen LogP contribution in [0, 0.1) is 58.2 Å². The zero-order valence-corrected chi connectivity index (χ0v) is 27.6. The minimum Gasteiger partial charge on any atom is -0.462 e. The Kier molecular flexibility index (Phi) is 9.29. The van der Waals surface area contributed by atoms with Gasteiger partial charge < -0.3 is 39.7 Å². The summed E-state index contributed by atoms with van der Waals surface area (Å²) in [5, 5.41) is 52.1. The molecule has 0 aromatic heterocycles. The van der Waals surface area contributed by atoms with Crippen LogP contribution in [0.5, 0.6) is 0 Å². The number of hydrogen-bond donors (Lipinski definition) is 5. The van der Waals surface area contributed by atoms with Crippen LogP contribution in [-0.4, -0.2) is 92.9 Å². The molecule has 10 nitrogen and oxygen atoms in total. The lowest BCUT2D eigenvalue weighted by molar-refractivity contribution is -0.315. The van der Waals surface area contributed by atoms with E-state index in [2.05, 4.69) is 27.7 Å². The van der Waals surface area contributed by atoms with Gasteiger partial charge in [-0.25, -0.2) is 0 Å². The first-order chi connectivity index (χ1) is 21.2. The van der Waals surface area contributed by atoms with Crippen LogP contribution in [0.3, 0.4) is 0 Å². The smallest absolute Gasteiger partial charge is 0.309 e. The third-order valence-corrected chi connectivity index (χ3v) is 14.3. The predicted octanol–water partition coefficient (Wildman–Crippen LogP) is 2.59. The zero-order chi connectivity index (χ0) is 32.6. The summed E-state index contributed by atoms with van der Waals surface area (Å²) in [4.78, 5) is 26.8. The Labute approximate surface area is 267 Å². The van der Waals surface area contributed by atoms with Crippen molar-refractivity contribution in [2.45, 2.75) is 141 Å². The highest BCUT2D eigenvalue weighted by atomic mass is 16.7. The van der Waals surface area contributed by atoms with Gasteiger partial charge in [0.05, 0.1) is 24.7 Å². The second-order valence-corrected chi connectivity index (χ2v) is 16.2. The lowest BCUT2D eigenvalue weighted by Gasteiger charge is -2.60. The fourth-order valence-corrected chi connectivity index (χ4v) is 11.6. The Hall–Kier alpha value is -1.14. The highest BCUT2D eigenvalue weighted by molar-refractivity contribution is 5.83. The molecule has 0 bridgehead atoms. The van der Waals surface area contributed by atoms with Crippen LogP contribution in [0.4, 0.5) is 0 Å². The van der Waals surface area contributed by atoms with E-state index < -0.39 is 43.4 Å². The fourth-order valence-electron chi connectivity index (χ4n) is 11.6. The van der Waals surface area contributed by atoms with E-state index in [0.717, 1.165) is 32.1 Å². The van der Waals surface area contributed by atoms with Crippen molar-refractivity contribution in [3.63, 3.8) is 0 Å². The Bertz CT molecular complexity index is 1110. The van der Waals surface area contributed by atoms with Gasteiger partial charge in [0.25, 0.3) is 0 Å². The van der Waals surface area contributed by atoms with Crippen LogP contribution in [-0.2, 0) is 23.8 Å². The van der Waals surface area contributed by atoms with Crippen molar-refractivity contribution in [1.29, 1.82) is 0 Å². The first-order valence-electron chi connectivity index (χ1n) is 17.6. The molecule has 6 rings (SSSR count). The van der Waals surface area contributed by atoms with Crippen molar-refractivity contribution < 1.29 is 49.3 Å². The minimum absolute atomic E-state index is 0.00969. The van der Waals surface area contributed by atoms with E-state index in [4.69, 9.17) is 14.2 Å². The van der Waals surface area contributed by atoms with Gasteiger partial charge in [0, 0.05) is 12.3 Å². The van der Waals surface area contributed by atoms with Gasteiger partial charge in [-0.15, -0.1) is 0 Å². The summed E-state index contributed by atoms with van der Waals surface area (Å²) in [5.41, 5.74) is -0.335. The molecule has 0 aromatic carbocycles. The average molecular weight is 637 g/mol. The maximum absolute atomic E-state index is 14.0. The molecule has 5 N–H and O–H groups in total. The Morgan fingerprint density at radius 1 is 0.956 bits per heavy atom. The second kappa shape index (κ2) is 12.4. The first-order valence-corrected chi connectivity index (χ1v) is 17.6. The van der Waals surface area contributed by atoms with Crippen molar-refractivity contribution in [2.75, 3.05) is 6.61 Å². The molecule has 2 saturated heterocycles. The van der Waals surface area contributed by atoms with E-state index in [1.165, 1.54) is 0 Å². The Balaban J connectivity index is 1.16. The number of hydrogen-bond acceptors (Lipinski definition) is 10. The predicted molar refractivity (Wildman–Crippen MR) is 162 cm³/mol. The molecule has 6 fully saturated rings. The van der Waals surface area contributed by atoms with E-state index in [9.17, 15) is 35.1 Å². The van der Waals surface area contributed by atoms with Crippen molar-refractivity contribution in [1.82, 2.24) is 0 Å². The Morgan fingerprint density at radius 3 is 2.36 bits per heavy atom. The van der Waals surface area contributed by atoms with Gasteiger partial charge in [0.1, 0.15) is 36.3 Å². The molecule has 0 spiro atoms. The van der Waals surface area contributed by atoms with E-state index in [-0.39, 0.29) is 70.3 Å². The van der Waals surface area contributed by atoms with E-state index >= 15 is 0 Å². The van der Waals surface area contributed by atoms with Crippen molar-refractivity contribution in [3.05, 3.63) is 0 Å². The quantitative estimate of drug-likeness (QED) is 0.216. The normalized spacial score (nSPS) is 54.0. The molecular weight excluding hydrogens is 580 g/mol. The molecule has 10 heteroatoms. The number of carbonyl (C=O) groups excluding carboxylic acids is 2. The summed E-state index contributed by atoms with van der Waals surface area (Å²) >= 11 is 0. The molecule has 18 atom stereocenters. The number of aliphatic hydroxyl groups excluding tert-OH is 5. The zero-order valence-electron chi connectivity index (χ0n) is 27.6. The maximum atomic E-state index is 14.0. The largest absolute Gasteiger partial charge is 0.462 e. The van der Waals surface area contributed by atoms with Crippen LogP contribution in [0.15, 0.2) is 0 Å². The third-order valence-electron chi connectivity index (χ3n) is 14.3. The van der Waals surface area contributed by atoms with E-state index in [1.807, 2.05) is 6.92 Å². The highest BCUT2D eigenvalue weighted by Crippen LogP contribution is 2.68. The lowest BCUT2D eigenvalue weighted by atomic mass is 9.44. The molecule has 4 aliphatic carbocycles. The first kappa shape index (κ1) is 33.7. The van der Waals surface area contributed by atoms with Gasteiger partial charge in [0.15, 0.2) is 6.29 Å². The SMILES string of the molecule is CCC1CC(C(C)C2[C@@H](O)C[C@H]3[C@@H]4CC(=O)[C@H]5C[C@@H](O[C@@H]6O[C@H](CO)[C@@H](O)[C@H](O)[C@H]6O)CC[C@]5(C)[C@H]4CC[C@]23C)OC(=O)C1C. The molecule has 2 heterocycles. The summed E-state index contributed by atoms with van der Waals surface area (Å²) < 4.78 is 17.7. The molecule has 0 radical (unpaired) electrons. The third kappa shape index (κ3) is 5.42. The van der Waals surface area contributed by atoms with Gasteiger partial charge in [-0.2, -0.15) is 0 Å². The van der Waals surface area contributed by atoms with E-state index in [1.54, 1.807) is 0 Å². The van der Waals surface area contributed by atoms with Crippen LogP contribution in [0.1, 0.15) is 92.4 Å². The van der Waals surface area contributed by atoms with Gasteiger partial charge in [0.2, 0.25) is 0 Å². The van der Waals surface area contributed by atoms with Gasteiger partial charge in [-0.1, -0.05) is 41.0 Å². The number of cyclic esters (lactones) is 1. The molecule has 0 aromatic rings. The van der Waals surface area contributed by atoms with Gasteiger partial charge in [-0.3, -0.25) is 9.59 Å². The molecular formula is C35H56O10. The summed E-state index contributed by atoms with van der Waals surface area (Å²) in [7, 11) is 0. The van der Waals surface area contributed by atoms with Crippen molar-refractivity contribution in [3.8, 4) is 0 Å². The van der Waals surface area contributed by atoms with Gasteiger partial charge >= 0.3 is 5.97 Å². The van der Waals surface area contributed by atoms with Crippen molar-refractivity contribution >= 4 is 11.8 Å². The lowest BCUT2D eigenvalue weighted by Crippen LogP contribution is -2.61. The van der Waals surface area contributed by atoms with Crippen LogP contribution >= 0.6 is 0 Å². The number of Topliss-reactive ketones (excluding diaryl/α,β-unsaturated/α-hetero) is 1. The minimum atomic E-state index is -1.50. The number of ether oxygens (including phenoxy) is 3.